The van der Waals surface area contributed by atoms with Crippen LogP contribution in [-0.2, 0) is 23.8 Å². The fraction of sp³-hybridized carbons (Fsp3) is 0.562. The first-order valence-electron chi connectivity index (χ1n) is 7.59. The largest absolute Gasteiger partial charge is 0.466 e. The second-order valence-corrected chi connectivity index (χ2v) is 7.16. The minimum atomic E-state index is -3.74. The summed E-state index contributed by atoms with van der Waals surface area (Å²) in [6, 6.07) is 6.59. The van der Waals surface area contributed by atoms with Crippen LogP contribution >= 0.6 is 0 Å². The van der Waals surface area contributed by atoms with Crippen LogP contribution in [0.3, 0.4) is 0 Å². The zero-order valence-electron chi connectivity index (χ0n) is 12.9. The molecule has 1 saturated carbocycles. The van der Waals surface area contributed by atoms with Crippen molar-refractivity contribution in [2.24, 2.45) is 5.92 Å². The molecule has 0 radical (unpaired) electrons. The Bertz CT molecular complexity index is 598. The van der Waals surface area contributed by atoms with Crippen molar-refractivity contribution in [1.82, 2.24) is 0 Å². The molecule has 0 saturated heterocycles. The van der Waals surface area contributed by atoms with E-state index < -0.39 is 10.1 Å². The van der Waals surface area contributed by atoms with Crippen molar-refractivity contribution >= 4 is 16.1 Å². The molecule has 122 valence electrons. The molecule has 0 atom stereocenters. The van der Waals surface area contributed by atoms with Gasteiger partial charge in [0.2, 0.25) is 0 Å². The van der Waals surface area contributed by atoms with Gasteiger partial charge in [0.1, 0.15) is 0 Å². The summed E-state index contributed by atoms with van der Waals surface area (Å²) in [5, 5.41) is 0. The summed E-state index contributed by atoms with van der Waals surface area (Å²) in [4.78, 5) is 11.8. The van der Waals surface area contributed by atoms with Crippen LogP contribution in [0.15, 0.2) is 29.2 Å². The van der Waals surface area contributed by atoms with Crippen LogP contribution in [0, 0.1) is 12.8 Å². The lowest BCUT2D eigenvalue weighted by molar-refractivity contribution is -0.149. The molecule has 0 aromatic heterocycles. The smallest absolute Gasteiger partial charge is 0.308 e. The third kappa shape index (κ3) is 4.30. The Morgan fingerprint density at radius 2 is 1.73 bits per heavy atom. The molecule has 6 heteroatoms. The highest BCUT2D eigenvalue weighted by molar-refractivity contribution is 7.86. The van der Waals surface area contributed by atoms with Gasteiger partial charge >= 0.3 is 5.97 Å². The fourth-order valence-corrected chi connectivity index (χ4v) is 3.73. The van der Waals surface area contributed by atoms with E-state index in [-0.39, 0.29) is 22.9 Å². The molecule has 0 bridgehead atoms. The van der Waals surface area contributed by atoms with Crippen molar-refractivity contribution in [3.05, 3.63) is 29.8 Å². The number of hydrogen-bond donors (Lipinski definition) is 0. The summed E-state index contributed by atoms with van der Waals surface area (Å²) in [5.74, 6) is -0.329. The van der Waals surface area contributed by atoms with Crippen molar-refractivity contribution in [3.63, 3.8) is 0 Å². The molecular formula is C16H22O5S. The van der Waals surface area contributed by atoms with Crippen molar-refractivity contribution in [3.8, 4) is 0 Å². The van der Waals surface area contributed by atoms with Crippen molar-refractivity contribution in [2.75, 3.05) is 6.61 Å². The van der Waals surface area contributed by atoms with E-state index in [4.69, 9.17) is 8.92 Å². The van der Waals surface area contributed by atoms with E-state index in [2.05, 4.69) is 0 Å². The van der Waals surface area contributed by atoms with Crippen LogP contribution in [0.25, 0.3) is 0 Å². The van der Waals surface area contributed by atoms with Gasteiger partial charge in [0.15, 0.2) is 0 Å². The van der Waals surface area contributed by atoms with E-state index in [0.29, 0.717) is 32.3 Å². The van der Waals surface area contributed by atoms with E-state index in [1.807, 2.05) is 6.92 Å². The molecule has 1 aliphatic carbocycles. The number of aryl methyl sites for hydroxylation is 1. The lowest BCUT2D eigenvalue weighted by Gasteiger charge is -2.26. The number of esters is 1. The highest BCUT2D eigenvalue weighted by atomic mass is 32.2. The van der Waals surface area contributed by atoms with Gasteiger partial charge in [-0.05, 0) is 51.7 Å². The van der Waals surface area contributed by atoms with Gasteiger partial charge in [-0.1, -0.05) is 17.7 Å². The summed E-state index contributed by atoms with van der Waals surface area (Å²) >= 11 is 0. The van der Waals surface area contributed by atoms with Gasteiger partial charge in [-0.25, -0.2) is 0 Å². The predicted octanol–water partition coefficient (Wildman–Crippen LogP) is 2.82. The topological polar surface area (TPSA) is 69.7 Å². The first-order valence-corrected chi connectivity index (χ1v) is 9.00. The average molecular weight is 326 g/mol. The van der Waals surface area contributed by atoms with E-state index >= 15 is 0 Å². The van der Waals surface area contributed by atoms with Crippen molar-refractivity contribution in [1.29, 1.82) is 0 Å². The van der Waals surface area contributed by atoms with E-state index in [1.54, 1.807) is 31.2 Å². The van der Waals surface area contributed by atoms with Crippen LogP contribution in [-0.4, -0.2) is 27.1 Å². The van der Waals surface area contributed by atoms with Crippen LogP contribution in [0.2, 0.25) is 0 Å². The Morgan fingerprint density at radius 1 is 1.14 bits per heavy atom. The summed E-state index contributed by atoms with van der Waals surface area (Å²) in [6.07, 6.45) is 1.94. The minimum Gasteiger partial charge on any atom is -0.466 e. The molecule has 1 aliphatic rings. The van der Waals surface area contributed by atoms with Gasteiger partial charge < -0.3 is 4.74 Å². The number of carbonyl (C=O) groups excluding carboxylic acids is 1. The summed E-state index contributed by atoms with van der Waals surface area (Å²) < 4.78 is 34.7. The summed E-state index contributed by atoms with van der Waals surface area (Å²) in [6.45, 7) is 4.05. The Balaban J connectivity index is 1.92. The molecule has 1 aromatic carbocycles. The van der Waals surface area contributed by atoms with Crippen LogP contribution in [0.5, 0.6) is 0 Å². The Hall–Kier alpha value is -1.40. The monoisotopic (exact) mass is 326 g/mol. The first-order chi connectivity index (χ1) is 10.4. The highest BCUT2D eigenvalue weighted by Gasteiger charge is 2.30. The molecule has 1 fully saturated rings. The lowest BCUT2D eigenvalue weighted by atomic mass is 9.87. The molecule has 2 rings (SSSR count). The predicted molar refractivity (Wildman–Crippen MR) is 81.8 cm³/mol. The number of carbonyl (C=O) groups is 1. The van der Waals surface area contributed by atoms with Crippen LogP contribution < -0.4 is 0 Å². The second kappa shape index (κ2) is 7.24. The van der Waals surface area contributed by atoms with Gasteiger partial charge in [0.05, 0.1) is 23.5 Å². The van der Waals surface area contributed by atoms with E-state index in [9.17, 15) is 13.2 Å². The second-order valence-electron chi connectivity index (χ2n) is 5.59. The molecule has 0 spiro atoms. The van der Waals surface area contributed by atoms with Crippen LogP contribution in [0.4, 0.5) is 0 Å². The van der Waals surface area contributed by atoms with Gasteiger partial charge in [0, 0.05) is 0 Å². The Labute approximate surface area is 131 Å². The Morgan fingerprint density at radius 3 is 2.27 bits per heavy atom. The zero-order chi connectivity index (χ0) is 16.2. The summed E-state index contributed by atoms with van der Waals surface area (Å²) in [5.41, 5.74) is 0.994. The van der Waals surface area contributed by atoms with Gasteiger partial charge in [-0.3, -0.25) is 8.98 Å². The maximum absolute atomic E-state index is 12.2. The zero-order valence-corrected chi connectivity index (χ0v) is 13.8. The van der Waals surface area contributed by atoms with Gasteiger partial charge in [0.25, 0.3) is 10.1 Å². The van der Waals surface area contributed by atoms with Crippen LogP contribution in [0.1, 0.15) is 38.2 Å². The molecule has 0 N–H and O–H groups in total. The van der Waals surface area contributed by atoms with E-state index in [0.717, 1.165) is 5.56 Å². The quantitative estimate of drug-likeness (QED) is 0.615. The standard InChI is InChI=1S/C16H22O5S/c1-3-20-16(17)13-6-8-14(9-7-13)21-22(18,19)15-10-4-12(2)5-11-15/h4-5,10-11,13-14H,3,6-9H2,1-2H3/t13-,14+. The average Bonchev–Trinajstić information content (AvgIpc) is 2.48. The number of ether oxygens (including phenoxy) is 1. The Kier molecular flexibility index (Phi) is 5.58. The van der Waals surface area contributed by atoms with Gasteiger partial charge in [-0.2, -0.15) is 8.42 Å². The molecular weight excluding hydrogens is 304 g/mol. The molecule has 0 aliphatic heterocycles. The van der Waals surface area contributed by atoms with E-state index in [1.165, 1.54) is 0 Å². The SMILES string of the molecule is CCOC(=O)[C@H]1CC[C@@H](OS(=O)(=O)c2ccc(C)cc2)CC1. The number of rotatable bonds is 5. The van der Waals surface area contributed by atoms with Gasteiger partial charge in [-0.15, -0.1) is 0 Å². The summed E-state index contributed by atoms with van der Waals surface area (Å²) in [7, 11) is -3.74. The third-order valence-corrected chi connectivity index (χ3v) is 5.24. The minimum absolute atomic E-state index is 0.137. The molecule has 0 amide bonds. The molecule has 1 aromatic rings. The maximum Gasteiger partial charge on any atom is 0.308 e. The molecule has 5 nitrogen and oxygen atoms in total. The molecule has 0 heterocycles. The fourth-order valence-electron chi connectivity index (χ4n) is 2.59. The highest BCUT2D eigenvalue weighted by Crippen LogP contribution is 2.29. The maximum atomic E-state index is 12.2. The number of hydrogen-bond acceptors (Lipinski definition) is 5. The molecule has 0 unspecified atom stereocenters. The lowest BCUT2D eigenvalue weighted by Crippen LogP contribution is -2.29. The third-order valence-electron chi connectivity index (χ3n) is 3.87. The first kappa shape index (κ1) is 17.0. The van der Waals surface area contributed by atoms with Crippen molar-refractivity contribution in [2.45, 2.75) is 50.5 Å². The van der Waals surface area contributed by atoms with Crippen molar-refractivity contribution < 1.29 is 22.1 Å². The normalized spacial score (nSPS) is 22.3. The number of benzene rings is 1. The molecule has 22 heavy (non-hydrogen) atoms.